The topological polar surface area (TPSA) is 73.9 Å². The monoisotopic (exact) mass is 389 g/mol. The second-order valence-electron chi connectivity index (χ2n) is 6.50. The summed E-state index contributed by atoms with van der Waals surface area (Å²) in [5.41, 5.74) is 1.34. The van der Waals surface area contributed by atoms with Crippen molar-refractivity contribution in [1.82, 2.24) is 5.32 Å². The van der Waals surface area contributed by atoms with Gasteiger partial charge in [0.1, 0.15) is 5.75 Å². The van der Waals surface area contributed by atoms with Crippen LogP contribution in [-0.4, -0.2) is 18.7 Å². The van der Waals surface area contributed by atoms with Crippen molar-refractivity contribution in [2.75, 3.05) is 6.79 Å². The van der Waals surface area contributed by atoms with Crippen LogP contribution in [0.1, 0.15) is 28.4 Å². The van der Waals surface area contributed by atoms with E-state index in [1.54, 1.807) is 42.5 Å². The van der Waals surface area contributed by atoms with Gasteiger partial charge in [0.2, 0.25) is 6.79 Å². The van der Waals surface area contributed by atoms with Gasteiger partial charge in [-0.25, -0.2) is 0 Å². The van der Waals surface area contributed by atoms with E-state index in [9.17, 15) is 9.59 Å². The summed E-state index contributed by atoms with van der Waals surface area (Å²) in [6.07, 6.45) is -0.0168. The van der Waals surface area contributed by atoms with Crippen molar-refractivity contribution in [3.8, 4) is 17.2 Å². The van der Waals surface area contributed by atoms with E-state index < -0.39 is 12.0 Å². The van der Waals surface area contributed by atoms with E-state index in [1.807, 2.05) is 36.4 Å². The quantitative estimate of drug-likeness (QED) is 0.512. The first-order valence-electron chi connectivity index (χ1n) is 9.20. The standard InChI is InChI=1S/C23H19NO5/c25-22(29-18-11-12-20-21(13-18)28-15-27-20)14-19(16-7-3-1-4-8-16)24-23(26)17-9-5-2-6-10-17/h1-13,19H,14-15H2,(H,24,26)/t19-/m1/s1. The second-order valence-corrected chi connectivity index (χ2v) is 6.50. The summed E-state index contributed by atoms with van der Waals surface area (Å²) in [4.78, 5) is 25.2. The Bertz CT molecular complexity index is 1000. The molecule has 0 bridgehead atoms. The molecule has 1 aliphatic heterocycles. The fourth-order valence-electron chi connectivity index (χ4n) is 3.05. The summed E-state index contributed by atoms with van der Waals surface area (Å²) >= 11 is 0. The Morgan fingerprint density at radius 2 is 1.59 bits per heavy atom. The number of ether oxygens (including phenoxy) is 3. The predicted molar refractivity (Wildman–Crippen MR) is 106 cm³/mol. The summed E-state index contributed by atoms with van der Waals surface area (Å²) in [5.74, 6) is 0.788. The van der Waals surface area contributed by atoms with Crippen molar-refractivity contribution < 1.29 is 23.8 Å². The fourth-order valence-corrected chi connectivity index (χ4v) is 3.05. The van der Waals surface area contributed by atoms with E-state index in [0.717, 1.165) is 5.56 Å². The summed E-state index contributed by atoms with van der Waals surface area (Å²) < 4.78 is 16.0. The van der Waals surface area contributed by atoms with Crippen LogP contribution in [0.4, 0.5) is 0 Å². The molecular weight excluding hydrogens is 370 g/mol. The number of carbonyl (C=O) groups is 2. The highest BCUT2D eigenvalue weighted by Crippen LogP contribution is 2.35. The molecule has 146 valence electrons. The summed E-state index contributed by atoms with van der Waals surface area (Å²) in [6.45, 7) is 0.147. The predicted octanol–water partition coefficient (Wildman–Crippen LogP) is 3.88. The van der Waals surface area contributed by atoms with Gasteiger partial charge in [0.15, 0.2) is 11.5 Å². The highest BCUT2D eigenvalue weighted by atomic mass is 16.7. The smallest absolute Gasteiger partial charge is 0.313 e. The van der Waals surface area contributed by atoms with Crippen LogP contribution in [0.2, 0.25) is 0 Å². The minimum absolute atomic E-state index is 0.0168. The van der Waals surface area contributed by atoms with E-state index in [1.165, 1.54) is 0 Å². The molecule has 0 fully saturated rings. The Labute approximate surface area is 168 Å². The van der Waals surface area contributed by atoms with Crippen LogP contribution in [0, 0.1) is 0 Å². The lowest BCUT2D eigenvalue weighted by atomic mass is 10.0. The number of hydrogen-bond donors (Lipinski definition) is 1. The molecule has 4 rings (SSSR count). The normalized spacial score (nSPS) is 12.8. The average Bonchev–Trinajstić information content (AvgIpc) is 3.22. The molecule has 3 aromatic rings. The Morgan fingerprint density at radius 3 is 2.34 bits per heavy atom. The van der Waals surface area contributed by atoms with Gasteiger partial charge in [-0.15, -0.1) is 0 Å². The average molecular weight is 389 g/mol. The minimum atomic E-state index is -0.523. The first-order chi connectivity index (χ1) is 14.2. The molecule has 0 aliphatic carbocycles. The zero-order chi connectivity index (χ0) is 20.1. The lowest BCUT2D eigenvalue weighted by Gasteiger charge is -2.19. The molecule has 0 radical (unpaired) electrons. The van der Waals surface area contributed by atoms with Gasteiger partial charge in [-0.1, -0.05) is 48.5 Å². The largest absolute Gasteiger partial charge is 0.454 e. The third-order valence-corrected chi connectivity index (χ3v) is 4.49. The van der Waals surface area contributed by atoms with Crippen molar-refractivity contribution in [3.63, 3.8) is 0 Å². The molecule has 6 heteroatoms. The second kappa shape index (κ2) is 8.48. The number of fused-ring (bicyclic) bond motifs is 1. The molecule has 6 nitrogen and oxygen atoms in total. The van der Waals surface area contributed by atoms with Crippen molar-refractivity contribution in [1.29, 1.82) is 0 Å². The highest BCUT2D eigenvalue weighted by molar-refractivity contribution is 5.94. The number of hydrogen-bond acceptors (Lipinski definition) is 5. The lowest BCUT2D eigenvalue weighted by molar-refractivity contribution is -0.134. The maximum Gasteiger partial charge on any atom is 0.313 e. The van der Waals surface area contributed by atoms with Crippen LogP contribution in [-0.2, 0) is 4.79 Å². The number of esters is 1. The molecule has 1 aliphatic rings. The van der Waals surface area contributed by atoms with Crippen LogP contribution in [0.15, 0.2) is 78.9 Å². The van der Waals surface area contributed by atoms with Gasteiger partial charge in [0.25, 0.3) is 5.91 Å². The molecule has 1 heterocycles. The van der Waals surface area contributed by atoms with Gasteiger partial charge in [-0.05, 0) is 29.8 Å². The Balaban J connectivity index is 1.47. The Morgan fingerprint density at radius 1 is 0.897 bits per heavy atom. The number of rotatable bonds is 6. The van der Waals surface area contributed by atoms with Gasteiger partial charge < -0.3 is 19.5 Å². The third-order valence-electron chi connectivity index (χ3n) is 4.49. The molecule has 1 N–H and O–H groups in total. The van der Waals surface area contributed by atoms with Gasteiger partial charge >= 0.3 is 5.97 Å². The van der Waals surface area contributed by atoms with E-state index in [2.05, 4.69) is 5.32 Å². The van der Waals surface area contributed by atoms with Gasteiger partial charge in [-0.2, -0.15) is 0 Å². The Kier molecular flexibility index (Phi) is 5.42. The van der Waals surface area contributed by atoms with Gasteiger partial charge in [0, 0.05) is 11.6 Å². The zero-order valence-electron chi connectivity index (χ0n) is 15.5. The number of benzene rings is 3. The maximum absolute atomic E-state index is 12.6. The molecule has 1 amide bonds. The molecule has 0 spiro atoms. The third kappa shape index (κ3) is 4.55. The fraction of sp³-hybridized carbons (Fsp3) is 0.130. The molecule has 29 heavy (non-hydrogen) atoms. The molecule has 0 aromatic heterocycles. The molecule has 0 unspecified atom stereocenters. The minimum Gasteiger partial charge on any atom is -0.454 e. The summed E-state index contributed by atoms with van der Waals surface area (Å²) in [5, 5.41) is 2.92. The summed E-state index contributed by atoms with van der Waals surface area (Å²) in [6, 6.07) is 22.6. The van der Waals surface area contributed by atoms with Crippen molar-refractivity contribution in [2.24, 2.45) is 0 Å². The molecule has 3 aromatic carbocycles. The van der Waals surface area contributed by atoms with Crippen LogP contribution in [0.5, 0.6) is 17.2 Å². The van der Waals surface area contributed by atoms with Gasteiger partial charge in [0.05, 0.1) is 12.5 Å². The van der Waals surface area contributed by atoms with Crippen LogP contribution in [0.3, 0.4) is 0 Å². The van der Waals surface area contributed by atoms with Crippen molar-refractivity contribution in [2.45, 2.75) is 12.5 Å². The Hall–Kier alpha value is -3.80. The van der Waals surface area contributed by atoms with E-state index in [4.69, 9.17) is 14.2 Å². The molecule has 0 saturated carbocycles. The van der Waals surface area contributed by atoms with Crippen molar-refractivity contribution >= 4 is 11.9 Å². The molecule has 1 atom stereocenters. The van der Waals surface area contributed by atoms with E-state index in [-0.39, 0.29) is 19.1 Å². The molecule has 0 saturated heterocycles. The highest BCUT2D eigenvalue weighted by Gasteiger charge is 2.21. The van der Waals surface area contributed by atoms with Crippen molar-refractivity contribution in [3.05, 3.63) is 90.0 Å². The zero-order valence-corrected chi connectivity index (χ0v) is 15.5. The van der Waals surface area contributed by atoms with Crippen LogP contribution in [0.25, 0.3) is 0 Å². The first-order valence-corrected chi connectivity index (χ1v) is 9.20. The van der Waals surface area contributed by atoms with Gasteiger partial charge in [-0.3, -0.25) is 9.59 Å². The van der Waals surface area contributed by atoms with Crippen LogP contribution < -0.4 is 19.5 Å². The maximum atomic E-state index is 12.6. The summed E-state index contributed by atoms with van der Waals surface area (Å²) in [7, 11) is 0. The lowest BCUT2D eigenvalue weighted by Crippen LogP contribution is -2.31. The van der Waals surface area contributed by atoms with E-state index in [0.29, 0.717) is 22.8 Å². The first kappa shape index (κ1) is 18.6. The van der Waals surface area contributed by atoms with Crippen LogP contribution >= 0.6 is 0 Å². The molecular formula is C23H19NO5. The number of amides is 1. The van der Waals surface area contributed by atoms with E-state index >= 15 is 0 Å². The SMILES string of the molecule is O=C(C[C@@H](NC(=O)c1ccccc1)c1ccccc1)Oc1ccc2c(c1)OCO2. The number of carbonyl (C=O) groups excluding carboxylic acids is 2. The number of nitrogens with one attached hydrogen (secondary N) is 1.